The van der Waals surface area contributed by atoms with Crippen molar-refractivity contribution < 1.29 is 9.90 Å². The minimum atomic E-state index is -0.686. The zero-order valence-electron chi connectivity index (χ0n) is 13.7. The Morgan fingerprint density at radius 3 is 2.30 bits per heavy atom. The van der Waals surface area contributed by atoms with Crippen molar-refractivity contribution in [2.45, 2.75) is 91.1 Å². The molecule has 0 amide bonds. The highest BCUT2D eigenvalue weighted by atomic mass is 16.4. The lowest BCUT2D eigenvalue weighted by Gasteiger charge is -2.39. The Morgan fingerprint density at radius 2 is 1.85 bits per heavy atom. The molecule has 1 aliphatic carbocycles. The largest absolute Gasteiger partial charge is 0.480 e. The van der Waals surface area contributed by atoms with Gasteiger partial charge in [0.05, 0.1) is 0 Å². The summed E-state index contributed by atoms with van der Waals surface area (Å²) >= 11 is 0. The van der Waals surface area contributed by atoms with Gasteiger partial charge in [0.2, 0.25) is 0 Å². The molecule has 1 aliphatic rings. The molecule has 118 valence electrons. The van der Waals surface area contributed by atoms with E-state index in [1.807, 2.05) is 0 Å². The lowest BCUT2D eigenvalue weighted by Crippen LogP contribution is -2.45. The van der Waals surface area contributed by atoms with Gasteiger partial charge in [-0.25, -0.2) is 0 Å². The van der Waals surface area contributed by atoms with Gasteiger partial charge in [-0.1, -0.05) is 47.0 Å². The molecule has 3 nitrogen and oxygen atoms in total. The van der Waals surface area contributed by atoms with Crippen LogP contribution in [0.2, 0.25) is 0 Å². The fourth-order valence-corrected chi connectivity index (χ4v) is 3.30. The minimum Gasteiger partial charge on any atom is -0.480 e. The molecule has 3 heteroatoms. The number of carboxylic acids is 1. The highest BCUT2D eigenvalue weighted by molar-refractivity contribution is 5.73. The number of aliphatic carboxylic acids is 1. The zero-order valence-corrected chi connectivity index (χ0v) is 13.7. The number of hydrogen-bond acceptors (Lipinski definition) is 2. The van der Waals surface area contributed by atoms with Crippen molar-refractivity contribution in [1.29, 1.82) is 0 Å². The second kappa shape index (κ2) is 8.02. The Kier molecular flexibility index (Phi) is 7.01. The average molecular weight is 283 g/mol. The molecule has 0 bridgehead atoms. The maximum Gasteiger partial charge on any atom is 0.320 e. The van der Waals surface area contributed by atoms with Gasteiger partial charge < -0.3 is 10.4 Å². The third kappa shape index (κ3) is 5.08. The van der Waals surface area contributed by atoms with Gasteiger partial charge in [0, 0.05) is 6.04 Å². The number of nitrogens with one attached hydrogen (secondary N) is 1. The van der Waals surface area contributed by atoms with Crippen molar-refractivity contribution in [3.63, 3.8) is 0 Å². The van der Waals surface area contributed by atoms with E-state index in [-0.39, 0.29) is 6.04 Å². The summed E-state index contributed by atoms with van der Waals surface area (Å²) in [5, 5.41) is 12.7. The molecule has 1 unspecified atom stereocenters. The van der Waals surface area contributed by atoms with Crippen LogP contribution in [-0.4, -0.2) is 23.2 Å². The molecule has 20 heavy (non-hydrogen) atoms. The highest BCUT2D eigenvalue weighted by Crippen LogP contribution is 2.40. The van der Waals surface area contributed by atoms with Crippen LogP contribution in [0.5, 0.6) is 0 Å². The first-order valence-electron chi connectivity index (χ1n) is 8.39. The van der Waals surface area contributed by atoms with Crippen molar-refractivity contribution in [1.82, 2.24) is 5.32 Å². The fraction of sp³-hybridized carbons (Fsp3) is 0.941. The van der Waals surface area contributed by atoms with Crippen LogP contribution in [0.1, 0.15) is 79.1 Å². The van der Waals surface area contributed by atoms with Gasteiger partial charge in [-0.3, -0.25) is 4.79 Å². The summed E-state index contributed by atoms with van der Waals surface area (Å²) in [4.78, 5) is 11.3. The SMILES string of the molecule is CCCCC(NC1CCC(C(C)(C)CC)CC1)C(=O)O. The first-order chi connectivity index (χ1) is 9.40. The van der Waals surface area contributed by atoms with Crippen LogP contribution in [-0.2, 0) is 4.79 Å². The second-order valence-corrected chi connectivity index (χ2v) is 7.09. The average Bonchev–Trinajstić information content (AvgIpc) is 2.43. The monoisotopic (exact) mass is 283 g/mol. The summed E-state index contributed by atoms with van der Waals surface area (Å²) in [5.41, 5.74) is 0.430. The molecule has 1 atom stereocenters. The van der Waals surface area contributed by atoms with Crippen molar-refractivity contribution in [2.24, 2.45) is 11.3 Å². The molecule has 0 heterocycles. The van der Waals surface area contributed by atoms with Crippen molar-refractivity contribution >= 4 is 5.97 Å². The van der Waals surface area contributed by atoms with Gasteiger partial charge >= 0.3 is 5.97 Å². The number of hydrogen-bond donors (Lipinski definition) is 2. The van der Waals surface area contributed by atoms with E-state index in [0.29, 0.717) is 11.5 Å². The van der Waals surface area contributed by atoms with E-state index in [2.05, 4.69) is 33.0 Å². The lowest BCUT2D eigenvalue weighted by atomic mass is 9.69. The molecule has 0 aromatic carbocycles. The first kappa shape index (κ1) is 17.5. The molecule has 0 aromatic heterocycles. The summed E-state index contributed by atoms with van der Waals surface area (Å²) < 4.78 is 0. The molecule has 0 aromatic rings. The van der Waals surface area contributed by atoms with Crippen LogP contribution < -0.4 is 5.32 Å². The maximum atomic E-state index is 11.3. The van der Waals surface area contributed by atoms with Gasteiger partial charge in [0.25, 0.3) is 0 Å². The third-order valence-corrected chi connectivity index (χ3v) is 5.32. The lowest BCUT2D eigenvalue weighted by molar-refractivity contribution is -0.140. The molecule has 0 aliphatic heterocycles. The van der Waals surface area contributed by atoms with E-state index in [1.165, 1.54) is 19.3 Å². The fourth-order valence-electron chi connectivity index (χ4n) is 3.30. The van der Waals surface area contributed by atoms with Gasteiger partial charge in [0.1, 0.15) is 6.04 Å². The minimum absolute atomic E-state index is 0.351. The van der Waals surface area contributed by atoms with E-state index in [4.69, 9.17) is 0 Å². The molecule has 1 fully saturated rings. The van der Waals surface area contributed by atoms with Crippen LogP contribution >= 0.6 is 0 Å². The van der Waals surface area contributed by atoms with Gasteiger partial charge in [0.15, 0.2) is 0 Å². The molecule has 1 rings (SSSR count). The summed E-state index contributed by atoms with van der Waals surface area (Å²) in [6.07, 6.45) is 8.76. The van der Waals surface area contributed by atoms with Crippen molar-refractivity contribution in [3.8, 4) is 0 Å². The van der Waals surface area contributed by atoms with Crippen LogP contribution in [0.25, 0.3) is 0 Å². The van der Waals surface area contributed by atoms with Gasteiger partial charge in [-0.05, 0) is 43.4 Å². The summed E-state index contributed by atoms with van der Waals surface area (Å²) in [7, 11) is 0. The van der Waals surface area contributed by atoms with E-state index < -0.39 is 5.97 Å². The first-order valence-corrected chi connectivity index (χ1v) is 8.39. The molecular weight excluding hydrogens is 250 g/mol. The Bertz CT molecular complexity index is 293. The quantitative estimate of drug-likeness (QED) is 0.701. The molecule has 0 radical (unpaired) electrons. The Labute approximate surface area is 124 Å². The standard InChI is InChI=1S/C17H33NO2/c1-5-7-8-15(16(19)20)18-14-11-9-13(10-12-14)17(3,4)6-2/h13-15,18H,5-12H2,1-4H3,(H,19,20). The third-order valence-electron chi connectivity index (χ3n) is 5.32. The normalized spacial score (nSPS) is 25.4. The molecule has 2 N–H and O–H groups in total. The molecule has 0 saturated heterocycles. The van der Waals surface area contributed by atoms with Crippen LogP contribution in [0.3, 0.4) is 0 Å². The van der Waals surface area contributed by atoms with Crippen LogP contribution in [0.15, 0.2) is 0 Å². The number of unbranched alkanes of at least 4 members (excludes halogenated alkanes) is 1. The van der Waals surface area contributed by atoms with Gasteiger partial charge in [-0.15, -0.1) is 0 Å². The molecular formula is C17H33NO2. The zero-order chi connectivity index (χ0) is 15.2. The van der Waals surface area contributed by atoms with Crippen molar-refractivity contribution in [2.75, 3.05) is 0 Å². The van der Waals surface area contributed by atoms with Crippen LogP contribution in [0.4, 0.5) is 0 Å². The highest BCUT2D eigenvalue weighted by Gasteiger charge is 2.32. The summed E-state index contributed by atoms with van der Waals surface area (Å²) in [6.45, 7) is 9.12. The van der Waals surface area contributed by atoms with Crippen molar-refractivity contribution in [3.05, 3.63) is 0 Å². The smallest absolute Gasteiger partial charge is 0.320 e. The van der Waals surface area contributed by atoms with E-state index in [1.54, 1.807) is 0 Å². The molecule has 0 spiro atoms. The number of carboxylic acid groups (broad SMARTS) is 1. The van der Waals surface area contributed by atoms with Crippen LogP contribution in [0, 0.1) is 11.3 Å². The Morgan fingerprint density at radius 1 is 1.25 bits per heavy atom. The Balaban J connectivity index is 2.42. The Hall–Kier alpha value is -0.570. The predicted octanol–water partition coefficient (Wildman–Crippen LogP) is 4.21. The number of rotatable bonds is 8. The molecule has 1 saturated carbocycles. The summed E-state index contributed by atoms with van der Waals surface area (Å²) in [6, 6.07) is 0.0487. The second-order valence-electron chi connectivity index (χ2n) is 7.09. The van der Waals surface area contributed by atoms with E-state index in [0.717, 1.165) is 38.0 Å². The number of carbonyl (C=O) groups is 1. The van der Waals surface area contributed by atoms with Gasteiger partial charge in [-0.2, -0.15) is 0 Å². The van der Waals surface area contributed by atoms with E-state index in [9.17, 15) is 9.90 Å². The summed E-state index contributed by atoms with van der Waals surface area (Å²) in [5.74, 6) is 0.110. The maximum absolute atomic E-state index is 11.3. The topological polar surface area (TPSA) is 49.3 Å². The predicted molar refractivity (Wildman–Crippen MR) is 83.9 cm³/mol. The van der Waals surface area contributed by atoms with E-state index >= 15 is 0 Å².